The summed E-state index contributed by atoms with van der Waals surface area (Å²) in [4.78, 5) is 16.2. The van der Waals surface area contributed by atoms with E-state index >= 15 is 0 Å². The molecule has 1 N–H and O–H groups in total. The van der Waals surface area contributed by atoms with Gasteiger partial charge in [-0.15, -0.1) is 0 Å². The van der Waals surface area contributed by atoms with Gasteiger partial charge in [0.2, 0.25) is 0 Å². The van der Waals surface area contributed by atoms with Crippen molar-refractivity contribution in [1.82, 2.24) is 4.98 Å². The van der Waals surface area contributed by atoms with E-state index in [2.05, 4.69) is 27.8 Å². The van der Waals surface area contributed by atoms with Crippen molar-refractivity contribution >= 4 is 32.8 Å². The minimum Gasteiger partial charge on any atom is -0.478 e. The number of fused-ring (bicyclic) bond motifs is 2. The molecule has 1 unspecified atom stereocenters. The lowest BCUT2D eigenvalue weighted by molar-refractivity contribution is 0.0698. The third-order valence-electron chi connectivity index (χ3n) is 3.98. The van der Waals surface area contributed by atoms with Crippen molar-refractivity contribution in [2.24, 2.45) is 0 Å². The summed E-state index contributed by atoms with van der Waals surface area (Å²) in [6, 6.07) is 2.58. The molecule has 1 atom stereocenters. The second-order valence-corrected chi connectivity index (χ2v) is 5.94. The van der Waals surface area contributed by atoms with Crippen LogP contribution in [-0.2, 0) is 6.42 Å². The van der Waals surface area contributed by atoms with Crippen LogP contribution in [0.2, 0.25) is 0 Å². The standard InChI is InChI=1S/C15H13BrFNO2/c1-2-7-3-4-9-12(15(19)20)10-5-8(17)6-11(16)14(10)18-13(7)9/h5-7H,2-4H2,1H3,(H,19,20). The van der Waals surface area contributed by atoms with Crippen molar-refractivity contribution in [2.45, 2.75) is 32.1 Å². The van der Waals surface area contributed by atoms with Crippen LogP contribution in [0.5, 0.6) is 0 Å². The monoisotopic (exact) mass is 337 g/mol. The van der Waals surface area contributed by atoms with E-state index in [0.29, 0.717) is 27.7 Å². The van der Waals surface area contributed by atoms with Gasteiger partial charge < -0.3 is 5.11 Å². The molecule has 5 heteroatoms. The van der Waals surface area contributed by atoms with Gasteiger partial charge in [-0.05, 0) is 52.9 Å². The predicted octanol–water partition coefficient (Wildman–Crippen LogP) is 4.27. The Morgan fingerprint density at radius 1 is 1.55 bits per heavy atom. The fraction of sp³-hybridized carbons (Fsp3) is 0.333. The molecule has 0 saturated heterocycles. The average molecular weight is 338 g/mol. The first-order valence-corrected chi connectivity index (χ1v) is 7.37. The quantitative estimate of drug-likeness (QED) is 0.889. The molecule has 3 rings (SSSR count). The molecule has 104 valence electrons. The molecule has 0 amide bonds. The number of aromatic carboxylic acids is 1. The zero-order valence-corrected chi connectivity index (χ0v) is 12.5. The molecule has 0 spiro atoms. The number of hydrogen-bond donors (Lipinski definition) is 1. The van der Waals surface area contributed by atoms with E-state index in [-0.39, 0.29) is 5.56 Å². The largest absolute Gasteiger partial charge is 0.478 e. The number of rotatable bonds is 2. The molecular formula is C15H13BrFNO2. The van der Waals surface area contributed by atoms with Crippen molar-refractivity contribution in [1.29, 1.82) is 0 Å². The maximum absolute atomic E-state index is 13.6. The van der Waals surface area contributed by atoms with Crippen LogP contribution >= 0.6 is 15.9 Å². The third kappa shape index (κ3) is 1.92. The van der Waals surface area contributed by atoms with Gasteiger partial charge in [0, 0.05) is 21.5 Å². The van der Waals surface area contributed by atoms with Gasteiger partial charge in [0.15, 0.2) is 0 Å². The molecule has 1 aliphatic carbocycles. The SMILES string of the molecule is CCC1CCc2c1nc1c(Br)cc(F)cc1c2C(=O)O. The van der Waals surface area contributed by atoms with Crippen LogP contribution in [0.1, 0.15) is 47.3 Å². The van der Waals surface area contributed by atoms with Gasteiger partial charge in [0.05, 0.1) is 11.1 Å². The number of carboxylic acids is 1. The summed E-state index contributed by atoms with van der Waals surface area (Å²) in [7, 11) is 0. The van der Waals surface area contributed by atoms with Crippen molar-refractivity contribution in [3.63, 3.8) is 0 Å². The summed E-state index contributed by atoms with van der Waals surface area (Å²) in [5.74, 6) is -1.17. The number of benzene rings is 1. The number of aromatic nitrogens is 1. The smallest absolute Gasteiger partial charge is 0.336 e. The summed E-state index contributed by atoms with van der Waals surface area (Å²) in [5, 5.41) is 9.90. The maximum atomic E-state index is 13.6. The Bertz CT molecular complexity index is 730. The highest BCUT2D eigenvalue weighted by Gasteiger charge is 2.30. The Morgan fingerprint density at radius 3 is 2.95 bits per heavy atom. The van der Waals surface area contributed by atoms with E-state index in [1.165, 1.54) is 12.1 Å². The van der Waals surface area contributed by atoms with Crippen LogP contribution < -0.4 is 0 Å². The van der Waals surface area contributed by atoms with Gasteiger partial charge in [-0.1, -0.05) is 6.92 Å². The number of halogens is 2. The minimum atomic E-state index is -1.01. The molecular weight excluding hydrogens is 325 g/mol. The van der Waals surface area contributed by atoms with Gasteiger partial charge in [0.25, 0.3) is 0 Å². The van der Waals surface area contributed by atoms with E-state index in [0.717, 1.165) is 24.1 Å². The average Bonchev–Trinajstić information content (AvgIpc) is 2.78. The van der Waals surface area contributed by atoms with Gasteiger partial charge in [0.1, 0.15) is 5.82 Å². The van der Waals surface area contributed by atoms with Crippen LogP contribution in [0.3, 0.4) is 0 Å². The zero-order valence-electron chi connectivity index (χ0n) is 10.9. The molecule has 0 radical (unpaired) electrons. The molecule has 1 aromatic heterocycles. The lowest BCUT2D eigenvalue weighted by Gasteiger charge is -2.13. The van der Waals surface area contributed by atoms with Crippen LogP contribution in [-0.4, -0.2) is 16.1 Å². The highest BCUT2D eigenvalue weighted by atomic mass is 79.9. The Balaban J connectivity index is 2.44. The molecule has 0 fully saturated rings. The van der Waals surface area contributed by atoms with Crippen molar-refractivity contribution in [2.75, 3.05) is 0 Å². The molecule has 0 bridgehead atoms. The van der Waals surface area contributed by atoms with Gasteiger partial charge in [-0.2, -0.15) is 0 Å². The summed E-state index contributed by atoms with van der Waals surface area (Å²) < 4.78 is 14.1. The van der Waals surface area contributed by atoms with Crippen LogP contribution in [0.15, 0.2) is 16.6 Å². The second kappa shape index (κ2) is 4.81. The summed E-state index contributed by atoms with van der Waals surface area (Å²) >= 11 is 3.29. The van der Waals surface area contributed by atoms with E-state index in [1.54, 1.807) is 0 Å². The second-order valence-electron chi connectivity index (χ2n) is 5.08. The molecule has 1 heterocycles. The number of hydrogen-bond acceptors (Lipinski definition) is 2. The normalized spacial score (nSPS) is 17.4. The van der Waals surface area contributed by atoms with Crippen LogP contribution in [0.25, 0.3) is 10.9 Å². The van der Waals surface area contributed by atoms with Crippen molar-refractivity contribution < 1.29 is 14.3 Å². The first kappa shape index (κ1) is 13.5. The lowest BCUT2D eigenvalue weighted by atomic mass is 9.99. The van der Waals surface area contributed by atoms with Crippen molar-refractivity contribution in [3.8, 4) is 0 Å². The minimum absolute atomic E-state index is 0.209. The topological polar surface area (TPSA) is 50.2 Å². The Morgan fingerprint density at radius 2 is 2.30 bits per heavy atom. The number of carbonyl (C=O) groups is 1. The molecule has 20 heavy (non-hydrogen) atoms. The molecule has 0 saturated carbocycles. The molecule has 0 aliphatic heterocycles. The summed E-state index contributed by atoms with van der Waals surface area (Å²) in [5.41, 5.74) is 2.38. The Labute approximate surface area is 124 Å². The Hall–Kier alpha value is -1.49. The van der Waals surface area contributed by atoms with Crippen LogP contribution in [0, 0.1) is 5.82 Å². The summed E-state index contributed by atoms with van der Waals surface area (Å²) in [6.07, 6.45) is 2.55. The Kier molecular flexibility index (Phi) is 3.24. The molecule has 3 nitrogen and oxygen atoms in total. The molecule has 1 aliphatic rings. The van der Waals surface area contributed by atoms with Gasteiger partial charge in [-0.25, -0.2) is 9.18 Å². The number of nitrogens with zero attached hydrogens (tertiary/aromatic N) is 1. The van der Waals surface area contributed by atoms with E-state index < -0.39 is 11.8 Å². The van der Waals surface area contributed by atoms with E-state index in [1.807, 2.05) is 0 Å². The lowest BCUT2D eigenvalue weighted by Crippen LogP contribution is -2.07. The maximum Gasteiger partial charge on any atom is 0.336 e. The van der Waals surface area contributed by atoms with Gasteiger partial charge >= 0.3 is 5.97 Å². The highest BCUT2D eigenvalue weighted by Crippen LogP contribution is 2.40. The highest BCUT2D eigenvalue weighted by molar-refractivity contribution is 9.10. The number of pyridine rings is 1. The number of carboxylic acid groups (broad SMARTS) is 1. The van der Waals surface area contributed by atoms with Gasteiger partial charge in [-0.3, -0.25) is 4.98 Å². The van der Waals surface area contributed by atoms with Crippen molar-refractivity contribution in [3.05, 3.63) is 39.2 Å². The fourth-order valence-electron chi connectivity index (χ4n) is 3.04. The third-order valence-corrected chi connectivity index (χ3v) is 4.58. The van der Waals surface area contributed by atoms with E-state index in [4.69, 9.17) is 0 Å². The van der Waals surface area contributed by atoms with Crippen LogP contribution in [0.4, 0.5) is 4.39 Å². The first-order valence-electron chi connectivity index (χ1n) is 6.57. The zero-order chi connectivity index (χ0) is 14.4. The fourth-order valence-corrected chi connectivity index (χ4v) is 3.56. The van der Waals surface area contributed by atoms with E-state index in [9.17, 15) is 14.3 Å². The molecule has 1 aromatic carbocycles. The predicted molar refractivity (Wildman–Crippen MR) is 77.7 cm³/mol. The first-order chi connectivity index (χ1) is 9.52. The summed E-state index contributed by atoms with van der Waals surface area (Å²) in [6.45, 7) is 2.08. The molecule has 2 aromatic rings.